The maximum atomic E-state index is 5.58. The summed E-state index contributed by atoms with van der Waals surface area (Å²) in [6, 6.07) is 0.472. The summed E-state index contributed by atoms with van der Waals surface area (Å²) in [6.45, 7) is 5.57. The fraction of sp³-hybridized carbons (Fsp3) is 0.786. The van der Waals surface area contributed by atoms with E-state index in [9.17, 15) is 0 Å². The first kappa shape index (κ1) is 12.2. The number of oxime groups is 1. The minimum atomic E-state index is 0.0168. The highest BCUT2D eigenvalue weighted by Crippen LogP contribution is 2.27. The zero-order chi connectivity index (χ0) is 12.4. The molecule has 1 N–H and O–H groups in total. The van der Waals surface area contributed by atoms with Crippen LogP contribution in [-0.4, -0.2) is 42.5 Å². The molecule has 1 saturated heterocycles. The van der Waals surface area contributed by atoms with Crippen LogP contribution in [0, 0.1) is 0 Å². The van der Waals surface area contributed by atoms with Gasteiger partial charge in [0.1, 0.15) is 5.71 Å². The molecule has 0 radical (unpaired) electrons. The standard InChI is InChI=1S/C14H23N3O/c1-2-17-10-6-4-8-12(17)13-11-7-3-5-9-15-14(11)18-16-13/h7,12,14-15H,2-6,8-10H2,1H3/t12-,14+/m0/s1. The van der Waals surface area contributed by atoms with Gasteiger partial charge in [-0.3, -0.25) is 10.2 Å². The zero-order valence-electron chi connectivity index (χ0n) is 11.2. The van der Waals surface area contributed by atoms with E-state index in [0.29, 0.717) is 6.04 Å². The van der Waals surface area contributed by atoms with E-state index >= 15 is 0 Å². The Morgan fingerprint density at radius 3 is 3.28 bits per heavy atom. The van der Waals surface area contributed by atoms with Gasteiger partial charge in [-0.05, 0) is 45.3 Å². The van der Waals surface area contributed by atoms with E-state index < -0.39 is 0 Å². The Bertz CT molecular complexity index is 364. The van der Waals surface area contributed by atoms with Gasteiger partial charge in [0.25, 0.3) is 0 Å². The molecule has 0 aromatic carbocycles. The predicted octanol–water partition coefficient (Wildman–Crippen LogP) is 1.88. The molecule has 0 aromatic rings. The number of likely N-dealkylation sites (tertiary alicyclic amines) is 1. The Labute approximate surface area is 109 Å². The molecule has 4 nitrogen and oxygen atoms in total. The second-order valence-electron chi connectivity index (χ2n) is 5.36. The third kappa shape index (κ3) is 2.19. The summed E-state index contributed by atoms with van der Waals surface area (Å²) in [6.07, 6.45) is 8.53. The number of rotatable bonds is 2. The molecule has 0 saturated carbocycles. The van der Waals surface area contributed by atoms with E-state index in [1.807, 2.05) is 0 Å². The normalized spacial score (nSPS) is 33.2. The van der Waals surface area contributed by atoms with Crippen molar-refractivity contribution in [2.75, 3.05) is 19.6 Å². The first-order valence-corrected chi connectivity index (χ1v) is 7.31. The van der Waals surface area contributed by atoms with Crippen LogP contribution in [0.1, 0.15) is 39.0 Å². The predicted molar refractivity (Wildman–Crippen MR) is 72.5 cm³/mol. The molecular formula is C14H23N3O. The van der Waals surface area contributed by atoms with Crippen molar-refractivity contribution in [1.29, 1.82) is 0 Å². The Morgan fingerprint density at radius 1 is 1.44 bits per heavy atom. The number of hydrogen-bond acceptors (Lipinski definition) is 4. The van der Waals surface area contributed by atoms with Crippen LogP contribution in [0.25, 0.3) is 0 Å². The highest BCUT2D eigenvalue weighted by molar-refractivity contribution is 6.05. The van der Waals surface area contributed by atoms with Gasteiger partial charge >= 0.3 is 0 Å². The number of allylic oxidation sites excluding steroid dienone is 1. The number of fused-ring (bicyclic) bond motifs is 1. The van der Waals surface area contributed by atoms with Crippen molar-refractivity contribution in [3.63, 3.8) is 0 Å². The average Bonchev–Trinajstić information content (AvgIpc) is 2.67. The van der Waals surface area contributed by atoms with Gasteiger partial charge in [-0.25, -0.2) is 0 Å². The third-order valence-corrected chi connectivity index (χ3v) is 4.25. The molecule has 0 unspecified atom stereocenters. The lowest BCUT2D eigenvalue weighted by Gasteiger charge is -2.34. The van der Waals surface area contributed by atoms with Gasteiger partial charge in [-0.15, -0.1) is 0 Å². The van der Waals surface area contributed by atoms with E-state index in [-0.39, 0.29) is 6.23 Å². The second kappa shape index (κ2) is 5.41. The molecule has 1 fully saturated rings. The average molecular weight is 249 g/mol. The van der Waals surface area contributed by atoms with Crippen molar-refractivity contribution >= 4 is 5.71 Å². The number of hydrogen-bond donors (Lipinski definition) is 1. The van der Waals surface area contributed by atoms with Crippen molar-refractivity contribution < 1.29 is 4.84 Å². The molecule has 18 heavy (non-hydrogen) atoms. The van der Waals surface area contributed by atoms with Crippen LogP contribution in [0.15, 0.2) is 16.8 Å². The van der Waals surface area contributed by atoms with Crippen LogP contribution in [0.3, 0.4) is 0 Å². The highest BCUT2D eigenvalue weighted by Gasteiger charge is 2.36. The van der Waals surface area contributed by atoms with Crippen molar-refractivity contribution in [2.24, 2.45) is 5.16 Å². The summed E-state index contributed by atoms with van der Waals surface area (Å²) in [5.74, 6) is 0. The Hall–Kier alpha value is -0.870. The fourth-order valence-electron chi connectivity index (χ4n) is 3.24. The molecule has 3 aliphatic heterocycles. The third-order valence-electron chi connectivity index (χ3n) is 4.25. The smallest absolute Gasteiger partial charge is 0.206 e. The van der Waals surface area contributed by atoms with E-state index in [2.05, 4.69) is 28.4 Å². The number of nitrogens with zero attached hydrogens (tertiary/aromatic N) is 2. The lowest BCUT2D eigenvalue weighted by atomic mass is 9.93. The van der Waals surface area contributed by atoms with Gasteiger partial charge in [0.15, 0.2) is 0 Å². The largest absolute Gasteiger partial charge is 0.371 e. The van der Waals surface area contributed by atoms with E-state index in [0.717, 1.165) is 19.5 Å². The van der Waals surface area contributed by atoms with Gasteiger partial charge in [0, 0.05) is 5.57 Å². The molecule has 3 aliphatic rings. The molecule has 3 heterocycles. The maximum Gasteiger partial charge on any atom is 0.206 e. The van der Waals surface area contributed by atoms with Gasteiger partial charge < -0.3 is 4.84 Å². The molecule has 0 spiro atoms. The quantitative estimate of drug-likeness (QED) is 0.812. The van der Waals surface area contributed by atoms with E-state index in [1.165, 1.54) is 43.5 Å². The van der Waals surface area contributed by atoms with E-state index in [1.54, 1.807) is 0 Å². The Balaban J connectivity index is 1.80. The van der Waals surface area contributed by atoms with Crippen molar-refractivity contribution in [1.82, 2.24) is 10.2 Å². The molecule has 0 aromatic heterocycles. The SMILES string of the molecule is CCN1CCCC[C@H]1C1=NO[C@H]2NCCCC=C12. The van der Waals surface area contributed by atoms with Gasteiger partial charge in [0.05, 0.1) is 6.04 Å². The summed E-state index contributed by atoms with van der Waals surface area (Å²) in [4.78, 5) is 8.12. The summed E-state index contributed by atoms with van der Waals surface area (Å²) in [5, 5.41) is 7.81. The van der Waals surface area contributed by atoms with Crippen LogP contribution < -0.4 is 5.32 Å². The first-order chi connectivity index (χ1) is 8.90. The lowest BCUT2D eigenvalue weighted by Crippen LogP contribution is -2.45. The minimum Gasteiger partial charge on any atom is -0.371 e. The van der Waals surface area contributed by atoms with Crippen LogP contribution in [0.4, 0.5) is 0 Å². The topological polar surface area (TPSA) is 36.9 Å². The van der Waals surface area contributed by atoms with Crippen LogP contribution in [0.2, 0.25) is 0 Å². The van der Waals surface area contributed by atoms with Crippen LogP contribution >= 0.6 is 0 Å². The molecule has 2 atom stereocenters. The van der Waals surface area contributed by atoms with Crippen molar-refractivity contribution in [3.05, 3.63) is 11.6 Å². The molecule has 100 valence electrons. The zero-order valence-corrected chi connectivity index (χ0v) is 11.2. The number of piperidine rings is 1. The van der Waals surface area contributed by atoms with E-state index in [4.69, 9.17) is 4.84 Å². The minimum absolute atomic E-state index is 0.0168. The van der Waals surface area contributed by atoms with Crippen molar-refractivity contribution in [2.45, 2.75) is 51.3 Å². The molecule has 3 rings (SSSR count). The summed E-state index contributed by atoms with van der Waals surface area (Å²) in [5.41, 5.74) is 2.49. The van der Waals surface area contributed by atoms with Gasteiger partial charge in [0.2, 0.25) is 6.23 Å². The summed E-state index contributed by atoms with van der Waals surface area (Å²) < 4.78 is 0. The maximum absolute atomic E-state index is 5.58. The second-order valence-corrected chi connectivity index (χ2v) is 5.36. The molecule has 0 amide bonds. The summed E-state index contributed by atoms with van der Waals surface area (Å²) >= 11 is 0. The molecule has 4 heteroatoms. The Kier molecular flexibility index (Phi) is 3.66. The fourth-order valence-corrected chi connectivity index (χ4v) is 3.24. The first-order valence-electron chi connectivity index (χ1n) is 7.31. The molecule has 0 bridgehead atoms. The molecular weight excluding hydrogens is 226 g/mol. The molecule has 0 aliphatic carbocycles. The van der Waals surface area contributed by atoms with Gasteiger partial charge in [-0.2, -0.15) is 0 Å². The van der Waals surface area contributed by atoms with Gasteiger partial charge in [-0.1, -0.05) is 24.6 Å². The lowest BCUT2D eigenvalue weighted by molar-refractivity contribution is 0.0802. The van der Waals surface area contributed by atoms with Crippen LogP contribution in [0.5, 0.6) is 0 Å². The monoisotopic (exact) mass is 249 g/mol. The highest BCUT2D eigenvalue weighted by atomic mass is 16.7. The Morgan fingerprint density at radius 2 is 2.39 bits per heavy atom. The summed E-state index contributed by atoms with van der Waals surface area (Å²) in [7, 11) is 0. The number of nitrogens with one attached hydrogen (secondary N) is 1. The van der Waals surface area contributed by atoms with Crippen molar-refractivity contribution in [3.8, 4) is 0 Å². The van der Waals surface area contributed by atoms with Crippen LogP contribution in [-0.2, 0) is 4.84 Å².